The second-order valence-corrected chi connectivity index (χ2v) is 5.43. The molecule has 0 spiro atoms. The van der Waals surface area contributed by atoms with Gasteiger partial charge in [0.25, 0.3) is 0 Å². The molecule has 1 aromatic rings. The molecule has 1 aromatic carbocycles. The van der Waals surface area contributed by atoms with E-state index in [4.69, 9.17) is 9.47 Å². The van der Waals surface area contributed by atoms with E-state index in [2.05, 4.69) is 0 Å². The molecule has 1 rings (SSSR count). The number of carbonyl (C=O) groups is 1. The van der Waals surface area contributed by atoms with E-state index in [0.717, 1.165) is 11.4 Å². The molecule has 0 fully saturated rings. The van der Waals surface area contributed by atoms with Gasteiger partial charge in [-0.1, -0.05) is 12.1 Å². The molecular weight excluding hydrogens is 242 g/mol. The molecule has 0 amide bonds. The van der Waals surface area contributed by atoms with Gasteiger partial charge < -0.3 is 14.4 Å². The van der Waals surface area contributed by atoms with Crippen molar-refractivity contribution in [2.45, 2.75) is 32.8 Å². The van der Waals surface area contributed by atoms with Gasteiger partial charge in [-0.25, -0.2) is 0 Å². The van der Waals surface area contributed by atoms with Gasteiger partial charge >= 0.3 is 5.97 Å². The van der Waals surface area contributed by atoms with Gasteiger partial charge in [0, 0.05) is 13.6 Å². The summed E-state index contributed by atoms with van der Waals surface area (Å²) in [4.78, 5) is 13.7. The number of para-hydroxylation sites is 2. The van der Waals surface area contributed by atoms with Gasteiger partial charge in [-0.05, 0) is 32.9 Å². The van der Waals surface area contributed by atoms with E-state index < -0.39 is 5.60 Å². The SMILES string of the molecule is COc1ccccc1N(C)CCC(=O)OC(C)(C)C. The highest BCUT2D eigenvalue weighted by molar-refractivity contribution is 5.71. The van der Waals surface area contributed by atoms with E-state index in [1.165, 1.54) is 0 Å². The largest absolute Gasteiger partial charge is 0.495 e. The van der Waals surface area contributed by atoms with Crippen LogP contribution in [0.15, 0.2) is 24.3 Å². The summed E-state index contributed by atoms with van der Waals surface area (Å²) in [5.41, 5.74) is 0.536. The van der Waals surface area contributed by atoms with Crippen LogP contribution in [0.3, 0.4) is 0 Å². The molecule has 0 N–H and O–H groups in total. The maximum atomic E-state index is 11.7. The molecule has 0 aliphatic carbocycles. The molecule has 0 radical (unpaired) electrons. The van der Waals surface area contributed by atoms with Crippen molar-refractivity contribution in [1.82, 2.24) is 0 Å². The van der Waals surface area contributed by atoms with Crippen LogP contribution in [0, 0.1) is 0 Å². The van der Waals surface area contributed by atoms with Crippen LogP contribution in [0.5, 0.6) is 5.75 Å². The van der Waals surface area contributed by atoms with Crippen LogP contribution < -0.4 is 9.64 Å². The Hall–Kier alpha value is -1.71. The normalized spacial score (nSPS) is 11.0. The van der Waals surface area contributed by atoms with Gasteiger partial charge in [0.15, 0.2) is 0 Å². The minimum absolute atomic E-state index is 0.186. The summed E-state index contributed by atoms with van der Waals surface area (Å²) < 4.78 is 10.6. The standard InChI is InChI=1S/C15H23NO3/c1-15(2,3)19-14(17)10-11-16(4)12-8-6-7-9-13(12)18-5/h6-9H,10-11H2,1-5H3. The Morgan fingerprint density at radius 3 is 2.47 bits per heavy atom. The summed E-state index contributed by atoms with van der Waals surface area (Å²) in [5.74, 6) is 0.614. The first-order valence-corrected chi connectivity index (χ1v) is 6.39. The highest BCUT2D eigenvalue weighted by atomic mass is 16.6. The molecule has 19 heavy (non-hydrogen) atoms. The monoisotopic (exact) mass is 265 g/mol. The number of nitrogens with zero attached hydrogens (tertiary/aromatic N) is 1. The third-order valence-electron chi connectivity index (χ3n) is 2.57. The van der Waals surface area contributed by atoms with Gasteiger partial charge in [0.2, 0.25) is 0 Å². The summed E-state index contributed by atoms with van der Waals surface area (Å²) in [6.07, 6.45) is 0.353. The van der Waals surface area contributed by atoms with Crippen molar-refractivity contribution in [3.05, 3.63) is 24.3 Å². The first-order chi connectivity index (χ1) is 8.83. The third kappa shape index (κ3) is 5.20. The van der Waals surface area contributed by atoms with Crippen molar-refractivity contribution in [1.29, 1.82) is 0 Å². The molecule has 0 saturated heterocycles. The minimum atomic E-state index is -0.430. The Labute approximate surface area is 115 Å². The Morgan fingerprint density at radius 2 is 1.89 bits per heavy atom. The van der Waals surface area contributed by atoms with E-state index in [1.54, 1.807) is 7.11 Å². The van der Waals surface area contributed by atoms with E-state index >= 15 is 0 Å². The summed E-state index contributed by atoms with van der Waals surface area (Å²) in [5, 5.41) is 0. The lowest BCUT2D eigenvalue weighted by Crippen LogP contribution is -2.27. The predicted octanol–water partition coefficient (Wildman–Crippen LogP) is 2.86. The number of hydrogen-bond acceptors (Lipinski definition) is 4. The first kappa shape index (κ1) is 15.3. The van der Waals surface area contributed by atoms with Gasteiger partial charge in [0.05, 0.1) is 19.2 Å². The number of anilines is 1. The van der Waals surface area contributed by atoms with Crippen LogP contribution in [0.25, 0.3) is 0 Å². The Bertz CT molecular complexity index is 424. The number of carbonyl (C=O) groups excluding carboxylic acids is 1. The smallest absolute Gasteiger partial charge is 0.308 e. The highest BCUT2D eigenvalue weighted by Gasteiger charge is 2.17. The van der Waals surface area contributed by atoms with Crippen LogP contribution in [0.4, 0.5) is 5.69 Å². The van der Waals surface area contributed by atoms with E-state index in [9.17, 15) is 4.79 Å². The molecule has 106 valence electrons. The molecule has 0 aliphatic rings. The van der Waals surface area contributed by atoms with Gasteiger partial charge in [-0.15, -0.1) is 0 Å². The molecule has 0 saturated carbocycles. The fourth-order valence-electron chi connectivity index (χ4n) is 1.72. The molecule has 4 nitrogen and oxygen atoms in total. The number of rotatable bonds is 5. The summed E-state index contributed by atoms with van der Waals surface area (Å²) >= 11 is 0. The quantitative estimate of drug-likeness (QED) is 0.767. The highest BCUT2D eigenvalue weighted by Crippen LogP contribution is 2.26. The van der Waals surface area contributed by atoms with Crippen LogP contribution in [0.1, 0.15) is 27.2 Å². The van der Waals surface area contributed by atoms with E-state index in [-0.39, 0.29) is 5.97 Å². The van der Waals surface area contributed by atoms with Crippen LogP contribution in [0.2, 0.25) is 0 Å². The molecule has 0 atom stereocenters. The van der Waals surface area contributed by atoms with E-state index in [1.807, 2.05) is 57.0 Å². The molecule has 0 aliphatic heterocycles. The van der Waals surface area contributed by atoms with Crippen molar-refractivity contribution in [3.63, 3.8) is 0 Å². The number of ether oxygens (including phenoxy) is 2. The van der Waals surface area contributed by atoms with Crippen molar-refractivity contribution >= 4 is 11.7 Å². The fourth-order valence-corrected chi connectivity index (χ4v) is 1.72. The minimum Gasteiger partial charge on any atom is -0.495 e. The van der Waals surface area contributed by atoms with Crippen molar-refractivity contribution in [3.8, 4) is 5.75 Å². The average Bonchev–Trinajstić information content (AvgIpc) is 2.33. The molecular formula is C15H23NO3. The molecule has 4 heteroatoms. The number of benzene rings is 1. The Balaban J connectivity index is 2.56. The predicted molar refractivity (Wildman–Crippen MR) is 76.7 cm³/mol. The Morgan fingerprint density at radius 1 is 1.26 bits per heavy atom. The zero-order valence-electron chi connectivity index (χ0n) is 12.4. The second-order valence-electron chi connectivity index (χ2n) is 5.43. The summed E-state index contributed by atoms with van der Waals surface area (Å²) in [6, 6.07) is 7.74. The lowest BCUT2D eigenvalue weighted by atomic mass is 10.2. The second kappa shape index (κ2) is 6.45. The molecule has 0 bridgehead atoms. The lowest BCUT2D eigenvalue weighted by Gasteiger charge is -2.23. The van der Waals surface area contributed by atoms with Crippen LogP contribution in [-0.4, -0.2) is 32.3 Å². The lowest BCUT2D eigenvalue weighted by molar-refractivity contribution is -0.154. The number of esters is 1. The van der Waals surface area contributed by atoms with E-state index in [0.29, 0.717) is 13.0 Å². The average molecular weight is 265 g/mol. The maximum absolute atomic E-state index is 11.7. The van der Waals surface area contributed by atoms with Crippen LogP contribution >= 0.6 is 0 Å². The molecule has 0 unspecified atom stereocenters. The van der Waals surface area contributed by atoms with Crippen molar-refractivity contribution < 1.29 is 14.3 Å². The van der Waals surface area contributed by atoms with Crippen molar-refractivity contribution in [2.24, 2.45) is 0 Å². The van der Waals surface area contributed by atoms with Gasteiger partial charge in [-0.3, -0.25) is 4.79 Å². The number of hydrogen-bond donors (Lipinski definition) is 0. The summed E-state index contributed by atoms with van der Waals surface area (Å²) in [6.45, 7) is 6.20. The molecule has 0 aromatic heterocycles. The van der Waals surface area contributed by atoms with Gasteiger partial charge in [0.1, 0.15) is 11.4 Å². The number of methoxy groups -OCH3 is 1. The third-order valence-corrected chi connectivity index (χ3v) is 2.57. The fraction of sp³-hybridized carbons (Fsp3) is 0.533. The zero-order valence-corrected chi connectivity index (χ0v) is 12.4. The van der Waals surface area contributed by atoms with Gasteiger partial charge in [-0.2, -0.15) is 0 Å². The topological polar surface area (TPSA) is 38.8 Å². The zero-order chi connectivity index (χ0) is 14.5. The van der Waals surface area contributed by atoms with Crippen molar-refractivity contribution in [2.75, 3.05) is 25.6 Å². The summed E-state index contributed by atoms with van der Waals surface area (Å²) in [7, 11) is 3.57. The van der Waals surface area contributed by atoms with Crippen LogP contribution in [-0.2, 0) is 9.53 Å². The molecule has 0 heterocycles. The Kier molecular flexibility index (Phi) is 5.21. The first-order valence-electron chi connectivity index (χ1n) is 6.39. The maximum Gasteiger partial charge on any atom is 0.308 e.